The molecule has 3 rings (SSSR count). The molecule has 2 heterocycles. The molecule has 20 heavy (non-hydrogen) atoms. The number of allylic oxidation sites excluding steroid dienone is 1. The van der Waals surface area contributed by atoms with Crippen molar-refractivity contribution in [3.8, 4) is 0 Å². The van der Waals surface area contributed by atoms with Crippen LogP contribution in [0.2, 0.25) is 0 Å². The van der Waals surface area contributed by atoms with Gasteiger partial charge in [0, 0.05) is 32.6 Å². The van der Waals surface area contributed by atoms with Crippen LogP contribution in [0.3, 0.4) is 0 Å². The molecular weight excluding hydrogens is 254 g/mol. The zero-order chi connectivity index (χ0) is 13.9. The molecule has 0 N–H and O–H groups in total. The van der Waals surface area contributed by atoms with Gasteiger partial charge in [0.25, 0.3) is 5.70 Å². The lowest BCUT2D eigenvalue weighted by atomic mass is 10.2. The Hall–Kier alpha value is -2.04. The van der Waals surface area contributed by atoms with E-state index in [1.165, 1.54) is 5.56 Å². The molecule has 0 aromatic heterocycles. The number of rotatable bonds is 3. The summed E-state index contributed by atoms with van der Waals surface area (Å²) in [6.45, 7) is 3.48. The van der Waals surface area contributed by atoms with Crippen LogP contribution in [0.4, 0.5) is 0 Å². The second-order valence-corrected chi connectivity index (χ2v) is 5.38. The van der Waals surface area contributed by atoms with Gasteiger partial charge in [-0.3, -0.25) is 10.1 Å². The fraction of sp³-hybridized carbons (Fsp3) is 0.467. The summed E-state index contributed by atoms with van der Waals surface area (Å²) in [5.74, 6) is 0.858. The maximum atomic E-state index is 11.3. The fourth-order valence-corrected chi connectivity index (χ4v) is 3.07. The molecule has 0 saturated carbocycles. The molecule has 1 aromatic rings. The quantitative estimate of drug-likeness (QED) is 0.627. The van der Waals surface area contributed by atoms with E-state index in [9.17, 15) is 10.1 Å². The van der Waals surface area contributed by atoms with Crippen molar-refractivity contribution in [1.82, 2.24) is 9.80 Å². The van der Waals surface area contributed by atoms with Crippen molar-refractivity contribution in [2.75, 3.05) is 19.6 Å². The molecule has 0 atom stereocenters. The largest absolute Gasteiger partial charge is 0.351 e. The van der Waals surface area contributed by atoms with Gasteiger partial charge < -0.3 is 9.80 Å². The van der Waals surface area contributed by atoms with Crippen molar-refractivity contribution in [3.05, 3.63) is 57.5 Å². The first-order valence-electron chi connectivity index (χ1n) is 7.17. The Kier molecular flexibility index (Phi) is 3.58. The molecule has 5 heteroatoms. The Labute approximate surface area is 118 Å². The standard InChI is InChI=1S/C15H19N3O2/c19-18(20)14-8-4-5-9-16-10-11-17(15(14)16)12-13-6-2-1-3-7-13/h1-3,6-7H,4-5,8-12H2. The smallest absolute Gasteiger partial charge is 0.286 e. The third-order valence-electron chi connectivity index (χ3n) is 4.03. The lowest BCUT2D eigenvalue weighted by Gasteiger charge is -2.23. The lowest BCUT2D eigenvalue weighted by molar-refractivity contribution is -0.431. The molecule has 2 aliphatic heterocycles. The molecule has 0 aliphatic carbocycles. The minimum atomic E-state index is -0.184. The SMILES string of the molecule is O=[N+]([O-])C1=C2N(CCCC1)CCN2Cc1ccccc1. The van der Waals surface area contributed by atoms with Crippen LogP contribution in [0.5, 0.6) is 0 Å². The van der Waals surface area contributed by atoms with E-state index in [0.29, 0.717) is 12.1 Å². The van der Waals surface area contributed by atoms with E-state index in [2.05, 4.69) is 21.9 Å². The van der Waals surface area contributed by atoms with Crippen LogP contribution in [0.25, 0.3) is 0 Å². The summed E-state index contributed by atoms with van der Waals surface area (Å²) in [6.07, 6.45) is 2.54. The molecule has 2 aliphatic rings. The van der Waals surface area contributed by atoms with Gasteiger partial charge in [-0.1, -0.05) is 30.3 Å². The van der Waals surface area contributed by atoms with Crippen LogP contribution in [0.1, 0.15) is 24.8 Å². The molecule has 0 bridgehead atoms. The van der Waals surface area contributed by atoms with Gasteiger partial charge in [0.05, 0.1) is 4.92 Å². The van der Waals surface area contributed by atoms with Crippen LogP contribution in [0.15, 0.2) is 41.8 Å². The number of fused-ring (bicyclic) bond motifs is 1. The average molecular weight is 273 g/mol. The minimum absolute atomic E-state index is 0.184. The normalized spacial score (nSPS) is 19.0. The second-order valence-electron chi connectivity index (χ2n) is 5.38. The molecule has 1 fully saturated rings. The van der Waals surface area contributed by atoms with E-state index in [1.807, 2.05) is 18.2 Å². The lowest BCUT2D eigenvalue weighted by Crippen LogP contribution is -2.26. The highest BCUT2D eigenvalue weighted by Crippen LogP contribution is 2.30. The molecule has 106 valence electrons. The highest BCUT2D eigenvalue weighted by molar-refractivity contribution is 5.19. The Balaban J connectivity index is 1.89. The molecule has 5 nitrogen and oxygen atoms in total. The third-order valence-corrected chi connectivity index (χ3v) is 4.03. The van der Waals surface area contributed by atoms with Crippen LogP contribution >= 0.6 is 0 Å². The van der Waals surface area contributed by atoms with E-state index < -0.39 is 0 Å². The van der Waals surface area contributed by atoms with Crippen LogP contribution < -0.4 is 0 Å². The maximum absolute atomic E-state index is 11.3. The van der Waals surface area contributed by atoms with Crippen LogP contribution in [0, 0.1) is 10.1 Å². The average Bonchev–Trinajstić information content (AvgIpc) is 2.71. The summed E-state index contributed by atoms with van der Waals surface area (Å²) in [7, 11) is 0. The number of nitro groups is 1. The fourth-order valence-electron chi connectivity index (χ4n) is 3.07. The number of hydrogen-bond acceptors (Lipinski definition) is 4. The van der Waals surface area contributed by atoms with E-state index in [-0.39, 0.29) is 4.92 Å². The number of hydrogen-bond donors (Lipinski definition) is 0. The molecule has 1 aromatic carbocycles. The summed E-state index contributed by atoms with van der Waals surface area (Å²) in [4.78, 5) is 15.5. The van der Waals surface area contributed by atoms with E-state index in [0.717, 1.165) is 44.8 Å². The summed E-state index contributed by atoms with van der Waals surface area (Å²) < 4.78 is 0. The second kappa shape index (κ2) is 5.53. The van der Waals surface area contributed by atoms with Crippen molar-refractivity contribution in [2.45, 2.75) is 25.8 Å². The minimum Gasteiger partial charge on any atom is -0.351 e. The van der Waals surface area contributed by atoms with Gasteiger partial charge in [-0.05, 0) is 18.4 Å². The summed E-state index contributed by atoms with van der Waals surface area (Å²) >= 11 is 0. The van der Waals surface area contributed by atoms with Crippen molar-refractivity contribution in [3.63, 3.8) is 0 Å². The number of nitrogens with zero attached hydrogens (tertiary/aromatic N) is 3. The van der Waals surface area contributed by atoms with E-state index >= 15 is 0 Å². The first-order chi connectivity index (χ1) is 9.75. The van der Waals surface area contributed by atoms with Gasteiger partial charge in [0.2, 0.25) is 0 Å². The zero-order valence-corrected chi connectivity index (χ0v) is 11.5. The predicted octanol–water partition coefficient (Wildman–Crippen LogP) is 2.43. The highest BCUT2D eigenvalue weighted by Gasteiger charge is 2.34. The zero-order valence-electron chi connectivity index (χ0n) is 11.5. The van der Waals surface area contributed by atoms with Crippen LogP contribution in [-0.4, -0.2) is 34.4 Å². The summed E-state index contributed by atoms with van der Waals surface area (Å²) in [6, 6.07) is 10.2. The van der Waals surface area contributed by atoms with Gasteiger partial charge in [-0.2, -0.15) is 0 Å². The molecule has 0 unspecified atom stereocenters. The molecule has 0 spiro atoms. The van der Waals surface area contributed by atoms with Crippen molar-refractivity contribution in [2.24, 2.45) is 0 Å². The van der Waals surface area contributed by atoms with Crippen LogP contribution in [-0.2, 0) is 6.54 Å². The van der Waals surface area contributed by atoms with Gasteiger partial charge in [0.1, 0.15) is 0 Å². The van der Waals surface area contributed by atoms with Crippen molar-refractivity contribution < 1.29 is 4.92 Å². The van der Waals surface area contributed by atoms with Crippen molar-refractivity contribution in [1.29, 1.82) is 0 Å². The first-order valence-corrected chi connectivity index (χ1v) is 7.17. The highest BCUT2D eigenvalue weighted by atomic mass is 16.6. The van der Waals surface area contributed by atoms with Gasteiger partial charge in [-0.15, -0.1) is 0 Å². The van der Waals surface area contributed by atoms with Crippen molar-refractivity contribution >= 4 is 0 Å². The Morgan fingerprint density at radius 1 is 1.10 bits per heavy atom. The molecule has 1 saturated heterocycles. The predicted molar refractivity (Wildman–Crippen MR) is 76.3 cm³/mol. The van der Waals surface area contributed by atoms with Gasteiger partial charge in [0.15, 0.2) is 5.82 Å². The van der Waals surface area contributed by atoms with E-state index in [4.69, 9.17) is 0 Å². The molecule has 0 amide bonds. The molecular formula is C15H19N3O2. The monoisotopic (exact) mass is 273 g/mol. The third kappa shape index (κ3) is 2.48. The summed E-state index contributed by atoms with van der Waals surface area (Å²) in [5, 5.41) is 11.3. The Morgan fingerprint density at radius 3 is 2.65 bits per heavy atom. The Bertz CT molecular complexity index is 527. The van der Waals surface area contributed by atoms with E-state index in [1.54, 1.807) is 0 Å². The Morgan fingerprint density at radius 2 is 1.90 bits per heavy atom. The molecule has 0 radical (unpaired) electrons. The maximum Gasteiger partial charge on any atom is 0.286 e. The number of benzene rings is 1. The summed E-state index contributed by atoms with van der Waals surface area (Å²) in [5.41, 5.74) is 1.60. The topological polar surface area (TPSA) is 49.6 Å². The van der Waals surface area contributed by atoms with Gasteiger partial charge in [-0.25, -0.2) is 0 Å². The van der Waals surface area contributed by atoms with Gasteiger partial charge >= 0.3 is 0 Å². The first kappa shape index (κ1) is 13.0.